The molecule has 0 saturated heterocycles. The van der Waals surface area contributed by atoms with E-state index >= 15 is 0 Å². The van der Waals surface area contributed by atoms with Crippen LogP contribution >= 0.6 is 11.8 Å². The van der Waals surface area contributed by atoms with E-state index in [0.717, 1.165) is 98.3 Å². The Labute approximate surface area is 378 Å². The number of nitrogens with zero attached hydrogens (tertiary/aromatic N) is 2. The fourth-order valence-corrected chi connectivity index (χ4v) is 10.9. The minimum atomic E-state index is -1.23. The molecule has 0 bridgehead atoms. The van der Waals surface area contributed by atoms with Crippen molar-refractivity contribution in [2.75, 3.05) is 45.3 Å². The molecule has 0 spiro atoms. The van der Waals surface area contributed by atoms with E-state index < -0.39 is 11.8 Å². The third-order valence-electron chi connectivity index (χ3n) is 13.0. The van der Waals surface area contributed by atoms with Gasteiger partial charge in [0.15, 0.2) is 0 Å². The topological polar surface area (TPSA) is 110 Å². The second kappa shape index (κ2) is 27.1. The number of unbranched alkanes of at least 4 members (excludes halogenated alkanes) is 10. The Hall–Kier alpha value is -3.31. The average molecular weight is 875 g/mol. The van der Waals surface area contributed by atoms with E-state index in [1.54, 1.807) is 17.8 Å². The van der Waals surface area contributed by atoms with E-state index in [9.17, 15) is 15.0 Å². The van der Waals surface area contributed by atoms with Crippen LogP contribution in [0, 0.1) is 17.8 Å². The molecule has 6 unspecified atom stereocenters. The van der Waals surface area contributed by atoms with Crippen molar-refractivity contribution in [3.8, 4) is 11.5 Å². The molecule has 1 aliphatic heterocycles. The number of amides is 1. The lowest BCUT2D eigenvalue weighted by molar-refractivity contribution is -0.257. The van der Waals surface area contributed by atoms with Gasteiger partial charge in [-0.25, -0.2) is 0 Å². The van der Waals surface area contributed by atoms with E-state index in [0.29, 0.717) is 32.6 Å². The number of thioether (sulfide) groups is 1. The van der Waals surface area contributed by atoms with Crippen LogP contribution in [0.25, 0.3) is 0 Å². The molecular formula is C52H78N2O7S. The van der Waals surface area contributed by atoms with Gasteiger partial charge in [0, 0.05) is 54.7 Å². The standard InChI is InChI=1S/C52H78N2O7S/c1-5-9-10-11-12-13-14-15-19-28-49(57)54(31-6-2)48-39-46(53-60-8-4)44-37-40(24-20-22-32-55)43(27-21-23-33-56)50-45-38-41(58-35-36-62-42-25-17-16-18-26-42)29-30-47(45)61-52(48,51(44)50)59-34-7-3/h7,16-18,25-26,29-30,37-38,40,43,48,50-51,55-56H,3,5-6,8-15,19-24,27-28,31-36,39H2,1-2,4H3. The maximum absolute atomic E-state index is 14.7. The SMILES string of the molecule is C=CCOC12Oc3ccc(OCCSc4ccccc4)cc3C3C(CCCCO)C(CCCCO)C=C(C(=NOCC)CC1N(CCC)C(=O)CCCCCCCCCCC)C32. The summed E-state index contributed by atoms with van der Waals surface area (Å²) in [6.07, 6.45) is 21.6. The fraction of sp³-hybridized carbons (Fsp3) is 0.654. The molecule has 2 aliphatic carbocycles. The summed E-state index contributed by atoms with van der Waals surface area (Å²) in [6, 6.07) is 16.1. The predicted molar refractivity (Wildman–Crippen MR) is 253 cm³/mol. The zero-order valence-electron chi connectivity index (χ0n) is 38.3. The number of oxime groups is 1. The van der Waals surface area contributed by atoms with Crippen molar-refractivity contribution >= 4 is 23.4 Å². The highest BCUT2D eigenvalue weighted by Gasteiger charge is 2.65. The summed E-state index contributed by atoms with van der Waals surface area (Å²) in [5.41, 5.74) is 2.99. The number of ether oxygens (including phenoxy) is 3. The predicted octanol–water partition coefficient (Wildman–Crippen LogP) is 11.7. The van der Waals surface area contributed by atoms with Crippen molar-refractivity contribution in [2.45, 2.75) is 159 Å². The molecule has 5 rings (SSSR count). The number of rotatable bonds is 31. The molecule has 9 nitrogen and oxygen atoms in total. The first-order valence-electron chi connectivity index (χ1n) is 24.3. The van der Waals surface area contributed by atoms with Crippen LogP contribution in [0.3, 0.4) is 0 Å². The molecule has 0 radical (unpaired) electrons. The lowest BCUT2D eigenvalue weighted by atomic mass is 9.55. The minimum Gasteiger partial charge on any atom is -0.493 e. The Morgan fingerprint density at radius 1 is 0.919 bits per heavy atom. The quantitative estimate of drug-likeness (QED) is 0.0334. The van der Waals surface area contributed by atoms with Gasteiger partial charge in [0.1, 0.15) is 24.1 Å². The molecule has 62 heavy (non-hydrogen) atoms. The molecule has 2 N–H and O–H groups in total. The van der Waals surface area contributed by atoms with Gasteiger partial charge in [0.05, 0.1) is 24.8 Å². The number of aliphatic hydroxyl groups is 2. The summed E-state index contributed by atoms with van der Waals surface area (Å²) < 4.78 is 21.0. The van der Waals surface area contributed by atoms with Gasteiger partial charge >= 0.3 is 0 Å². The van der Waals surface area contributed by atoms with Crippen molar-refractivity contribution in [1.29, 1.82) is 0 Å². The van der Waals surface area contributed by atoms with Gasteiger partial charge in [-0.15, -0.1) is 18.3 Å². The second-order valence-corrected chi connectivity index (χ2v) is 18.5. The Balaban J connectivity index is 1.56. The van der Waals surface area contributed by atoms with Gasteiger partial charge in [-0.3, -0.25) is 4.79 Å². The maximum atomic E-state index is 14.7. The van der Waals surface area contributed by atoms with Gasteiger partial charge in [0.2, 0.25) is 11.7 Å². The van der Waals surface area contributed by atoms with Crippen LogP contribution in [0.15, 0.2) is 82.9 Å². The second-order valence-electron chi connectivity index (χ2n) is 17.4. The molecule has 2 aromatic carbocycles. The molecule has 3 aliphatic rings. The lowest BCUT2D eigenvalue weighted by Gasteiger charge is -2.60. The van der Waals surface area contributed by atoms with Crippen molar-refractivity contribution in [2.24, 2.45) is 22.9 Å². The average Bonchev–Trinajstić information content (AvgIpc) is 3.29. The number of aliphatic hydroxyl groups excluding tert-OH is 2. The third-order valence-corrected chi connectivity index (χ3v) is 13.9. The van der Waals surface area contributed by atoms with Crippen molar-refractivity contribution in [3.63, 3.8) is 0 Å². The zero-order chi connectivity index (χ0) is 44.0. The van der Waals surface area contributed by atoms with E-state index in [4.69, 9.17) is 24.2 Å². The lowest BCUT2D eigenvalue weighted by Crippen LogP contribution is -2.70. The number of hydrogen-bond acceptors (Lipinski definition) is 9. The van der Waals surface area contributed by atoms with Crippen LogP contribution in [0.5, 0.6) is 11.5 Å². The Morgan fingerprint density at radius 3 is 2.34 bits per heavy atom. The number of carbonyl (C=O) groups is 1. The number of allylic oxidation sites excluding steroid dienone is 1. The molecule has 1 saturated carbocycles. The minimum absolute atomic E-state index is 0.0749. The van der Waals surface area contributed by atoms with Gasteiger partial charge in [-0.2, -0.15) is 0 Å². The van der Waals surface area contributed by atoms with E-state index in [-0.39, 0.29) is 49.4 Å². The van der Waals surface area contributed by atoms with Gasteiger partial charge in [-0.1, -0.05) is 114 Å². The van der Waals surface area contributed by atoms with Gasteiger partial charge < -0.3 is 34.2 Å². The Kier molecular flexibility index (Phi) is 21.7. The van der Waals surface area contributed by atoms with Crippen LogP contribution in [0.2, 0.25) is 0 Å². The highest BCUT2D eigenvalue weighted by atomic mass is 32.2. The summed E-state index contributed by atoms with van der Waals surface area (Å²) in [5, 5.41) is 24.7. The molecule has 6 atom stereocenters. The first kappa shape index (κ1) is 49.7. The first-order valence-corrected chi connectivity index (χ1v) is 25.2. The Bertz CT molecular complexity index is 1690. The highest BCUT2D eigenvalue weighted by Crippen LogP contribution is 2.62. The summed E-state index contributed by atoms with van der Waals surface area (Å²) in [4.78, 5) is 23.9. The third kappa shape index (κ3) is 13.4. The first-order chi connectivity index (χ1) is 30.5. The monoisotopic (exact) mass is 875 g/mol. The summed E-state index contributed by atoms with van der Waals surface area (Å²) in [7, 11) is 0. The van der Waals surface area contributed by atoms with Gasteiger partial charge in [-0.05, 0) is 93.2 Å². The molecule has 344 valence electrons. The van der Waals surface area contributed by atoms with Crippen molar-refractivity contribution in [1.82, 2.24) is 4.90 Å². The van der Waals surface area contributed by atoms with Crippen LogP contribution in [-0.2, 0) is 14.4 Å². The number of carbonyl (C=O) groups excluding carboxylic acids is 1. The normalized spacial score (nSPS) is 23.2. The van der Waals surface area contributed by atoms with Gasteiger partial charge in [0.25, 0.3) is 0 Å². The molecule has 2 aromatic rings. The zero-order valence-corrected chi connectivity index (χ0v) is 39.1. The van der Waals surface area contributed by atoms with Crippen LogP contribution < -0.4 is 9.47 Å². The number of hydrogen-bond donors (Lipinski definition) is 2. The smallest absolute Gasteiger partial charge is 0.239 e. The summed E-state index contributed by atoms with van der Waals surface area (Å²) in [6.45, 7) is 12.5. The number of fused-ring (bicyclic) bond motifs is 2. The summed E-state index contributed by atoms with van der Waals surface area (Å²) in [5.74, 6) is 1.20. The van der Waals surface area contributed by atoms with E-state index in [2.05, 4.69) is 61.7 Å². The molecule has 1 amide bonds. The fourth-order valence-electron chi connectivity index (χ4n) is 10.1. The largest absolute Gasteiger partial charge is 0.493 e. The molecular weight excluding hydrogens is 797 g/mol. The molecule has 0 aromatic heterocycles. The maximum Gasteiger partial charge on any atom is 0.239 e. The van der Waals surface area contributed by atoms with E-state index in [1.807, 2.05) is 25.1 Å². The van der Waals surface area contributed by atoms with Crippen molar-refractivity contribution < 1.29 is 34.1 Å². The van der Waals surface area contributed by atoms with Crippen molar-refractivity contribution in [3.05, 3.63) is 78.4 Å². The number of benzene rings is 2. The molecule has 1 fully saturated rings. The van der Waals surface area contributed by atoms with Crippen LogP contribution in [0.1, 0.15) is 148 Å². The molecule has 1 heterocycles. The Morgan fingerprint density at radius 2 is 1.65 bits per heavy atom. The summed E-state index contributed by atoms with van der Waals surface area (Å²) >= 11 is 1.78. The van der Waals surface area contributed by atoms with Crippen LogP contribution in [0.4, 0.5) is 0 Å². The highest BCUT2D eigenvalue weighted by molar-refractivity contribution is 7.99. The van der Waals surface area contributed by atoms with Crippen LogP contribution in [-0.4, -0.2) is 83.9 Å². The molecule has 10 heteroatoms. The van der Waals surface area contributed by atoms with E-state index in [1.165, 1.54) is 43.4 Å².